The monoisotopic (exact) mass is 283 g/mol. The minimum atomic E-state index is -0.305. The maximum absolute atomic E-state index is 11.3. The first-order chi connectivity index (χ1) is 9.51. The second-order valence-electron chi connectivity index (χ2n) is 5.12. The van der Waals surface area contributed by atoms with Crippen molar-refractivity contribution in [3.63, 3.8) is 0 Å². The van der Waals surface area contributed by atoms with Crippen molar-refractivity contribution in [2.24, 2.45) is 10.9 Å². The van der Waals surface area contributed by atoms with Crippen LogP contribution in [-0.2, 0) is 9.53 Å². The van der Waals surface area contributed by atoms with E-state index in [2.05, 4.69) is 24.3 Å². The van der Waals surface area contributed by atoms with Gasteiger partial charge in [-0.2, -0.15) is 0 Å². The van der Waals surface area contributed by atoms with Crippen LogP contribution in [0.1, 0.15) is 40.0 Å². The number of ether oxygens (including phenoxy) is 1. The average Bonchev–Trinajstić information content (AvgIpc) is 2.39. The Hall–Kier alpha value is -1.40. The Bertz CT molecular complexity index is 378. The number of hydrogen-bond donors (Lipinski definition) is 3. The van der Waals surface area contributed by atoms with E-state index in [1.54, 1.807) is 0 Å². The summed E-state index contributed by atoms with van der Waals surface area (Å²) in [7, 11) is 0. The fourth-order valence-electron chi connectivity index (χ4n) is 2.45. The molecular weight excluding hydrogens is 258 g/mol. The summed E-state index contributed by atoms with van der Waals surface area (Å²) in [5, 5.41) is 14.6. The van der Waals surface area contributed by atoms with Crippen LogP contribution in [0, 0.1) is 0 Å². The van der Waals surface area contributed by atoms with Gasteiger partial charge in [0, 0.05) is 13.0 Å². The lowest BCUT2D eigenvalue weighted by atomic mass is 9.88. The van der Waals surface area contributed by atoms with Crippen molar-refractivity contribution < 1.29 is 14.7 Å². The summed E-state index contributed by atoms with van der Waals surface area (Å²) in [4.78, 5) is 11.3. The van der Waals surface area contributed by atoms with Crippen LogP contribution in [0.15, 0.2) is 16.8 Å². The Kier molecular flexibility index (Phi) is 6.67. The normalized spacial score (nSPS) is 26.9. The van der Waals surface area contributed by atoms with Gasteiger partial charge in [-0.3, -0.25) is 4.79 Å². The molecule has 0 aromatic heterocycles. The van der Waals surface area contributed by atoms with Gasteiger partial charge in [0.1, 0.15) is 0 Å². The Morgan fingerprint density at radius 3 is 2.80 bits per heavy atom. The molecule has 1 aliphatic carbocycles. The lowest BCUT2D eigenvalue weighted by Gasteiger charge is -2.36. The number of carbonyl (C=O) groups excluding carboxylic acids is 1. The maximum Gasteiger partial charge on any atom is 0.217 e. The first-order valence-corrected chi connectivity index (χ1v) is 7.08. The van der Waals surface area contributed by atoms with Gasteiger partial charge >= 0.3 is 0 Å². The first-order valence-electron chi connectivity index (χ1n) is 7.08. The zero-order valence-electron chi connectivity index (χ0n) is 12.4. The topological polar surface area (TPSA) is 96.9 Å². The average molecular weight is 283 g/mol. The molecule has 1 rings (SSSR count). The van der Waals surface area contributed by atoms with Crippen molar-refractivity contribution in [3.05, 3.63) is 11.6 Å². The van der Waals surface area contributed by atoms with Crippen LogP contribution in [0.25, 0.3) is 0 Å². The van der Waals surface area contributed by atoms with Crippen molar-refractivity contribution >= 4 is 12.1 Å². The predicted octanol–water partition coefficient (Wildman–Crippen LogP) is 1.18. The second-order valence-corrected chi connectivity index (χ2v) is 5.12. The Labute approximate surface area is 120 Å². The van der Waals surface area contributed by atoms with E-state index in [0.717, 1.165) is 18.4 Å². The number of amides is 1. The van der Waals surface area contributed by atoms with Gasteiger partial charge in [0.05, 0.1) is 24.5 Å². The van der Waals surface area contributed by atoms with Crippen LogP contribution < -0.4 is 11.1 Å². The van der Waals surface area contributed by atoms with Gasteiger partial charge in [-0.05, 0) is 30.9 Å². The Morgan fingerprint density at radius 2 is 2.30 bits per heavy atom. The molecule has 0 fully saturated rings. The van der Waals surface area contributed by atoms with Crippen LogP contribution >= 0.6 is 0 Å². The number of carbonyl (C=O) groups is 1. The Morgan fingerprint density at radius 1 is 1.65 bits per heavy atom. The van der Waals surface area contributed by atoms with Crippen LogP contribution in [-0.4, -0.2) is 41.6 Å². The number of hydrogen-bond acceptors (Lipinski definition) is 5. The molecule has 3 atom stereocenters. The van der Waals surface area contributed by atoms with E-state index in [-0.39, 0.29) is 30.2 Å². The summed E-state index contributed by atoms with van der Waals surface area (Å²) in [5.74, 6) is -0.128. The summed E-state index contributed by atoms with van der Waals surface area (Å²) in [6.45, 7) is 5.59. The van der Waals surface area contributed by atoms with Crippen molar-refractivity contribution in [1.82, 2.24) is 5.32 Å². The fraction of sp³-hybridized carbons (Fsp3) is 0.714. The van der Waals surface area contributed by atoms with Crippen molar-refractivity contribution in [2.75, 3.05) is 0 Å². The molecule has 0 saturated heterocycles. The lowest BCUT2D eigenvalue weighted by Crippen LogP contribution is -2.56. The third-order valence-electron chi connectivity index (χ3n) is 3.52. The van der Waals surface area contributed by atoms with Gasteiger partial charge in [-0.15, -0.1) is 0 Å². The van der Waals surface area contributed by atoms with Gasteiger partial charge in [0.25, 0.3) is 0 Å². The zero-order chi connectivity index (χ0) is 15.1. The van der Waals surface area contributed by atoms with Gasteiger partial charge in [-0.1, -0.05) is 19.0 Å². The van der Waals surface area contributed by atoms with E-state index in [1.165, 1.54) is 13.1 Å². The molecule has 0 aromatic rings. The maximum atomic E-state index is 11.3. The number of rotatable bonds is 6. The lowest BCUT2D eigenvalue weighted by molar-refractivity contribution is -0.121. The van der Waals surface area contributed by atoms with E-state index in [1.807, 2.05) is 6.08 Å². The molecule has 0 heterocycles. The molecule has 4 N–H and O–H groups in total. The van der Waals surface area contributed by atoms with Gasteiger partial charge in [0.15, 0.2) is 0 Å². The van der Waals surface area contributed by atoms with Crippen LogP contribution in [0.2, 0.25) is 0 Å². The van der Waals surface area contributed by atoms with E-state index in [0.29, 0.717) is 6.42 Å². The summed E-state index contributed by atoms with van der Waals surface area (Å²) in [6, 6.07) is -0.528. The number of nitrogens with zero attached hydrogens (tertiary/aromatic N) is 1. The van der Waals surface area contributed by atoms with E-state index >= 15 is 0 Å². The molecule has 1 aliphatic rings. The smallest absolute Gasteiger partial charge is 0.217 e. The number of oxime groups is 1. The molecule has 0 spiro atoms. The van der Waals surface area contributed by atoms with E-state index in [9.17, 15) is 4.79 Å². The molecular formula is C14H25N3O3. The van der Waals surface area contributed by atoms with Crippen molar-refractivity contribution in [1.29, 1.82) is 0 Å². The molecule has 0 radical (unpaired) electrons. The molecule has 0 saturated carbocycles. The molecule has 6 heteroatoms. The third-order valence-corrected chi connectivity index (χ3v) is 3.52. The van der Waals surface area contributed by atoms with Crippen LogP contribution in [0.4, 0.5) is 0 Å². The standard InChI is InChI=1S/C14H25N3O3/c1-4-11(5-2)20-13-7-10(8-16-19)6-12(15)14(13)17-9(3)18/h7-8,11-14,19H,4-6,15H2,1-3H3,(H,17,18)/b16-8+/t12-,13+,14+/m0/s1. The zero-order valence-corrected chi connectivity index (χ0v) is 12.4. The molecule has 0 aliphatic heterocycles. The first kappa shape index (κ1) is 16.7. The molecule has 6 nitrogen and oxygen atoms in total. The molecule has 20 heavy (non-hydrogen) atoms. The molecule has 0 aromatic carbocycles. The highest BCUT2D eigenvalue weighted by Crippen LogP contribution is 2.22. The third kappa shape index (κ3) is 4.61. The van der Waals surface area contributed by atoms with Crippen LogP contribution in [0.3, 0.4) is 0 Å². The van der Waals surface area contributed by atoms with E-state index < -0.39 is 0 Å². The van der Waals surface area contributed by atoms with Crippen LogP contribution in [0.5, 0.6) is 0 Å². The minimum absolute atomic E-state index is 0.116. The van der Waals surface area contributed by atoms with Gasteiger partial charge in [-0.25, -0.2) is 0 Å². The highest BCUT2D eigenvalue weighted by molar-refractivity contribution is 5.79. The second kappa shape index (κ2) is 8.01. The number of nitrogens with one attached hydrogen (secondary N) is 1. The van der Waals surface area contributed by atoms with Crippen molar-refractivity contribution in [2.45, 2.75) is 64.3 Å². The minimum Gasteiger partial charge on any atom is -0.411 e. The molecule has 0 unspecified atom stereocenters. The summed E-state index contributed by atoms with van der Waals surface area (Å²) in [6.07, 6.45) is 5.39. The fourth-order valence-corrected chi connectivity index (χ4v) is 2.45. The van der Waals surface area contributed by atoms with Gasteiger partial charge < -0.3 is 21.0 Å². The molecule has 0 bridgehead atoms. The highest BCUT2D eigenvalue weighted by atomic mass is 16.5. The molecule has 114 valence electrons. The molecule has 1 amide bonds. The quantitative estimate of drug-likeness (QED) is 0.387. The number of nitrogens with two attached hydrogens (primary N) is 1. The largest absolute Gasteiger partial charge is 0.411 e. The summed E-state index contributed by atoms with van der Waals surface area (Å²) >= 11 is 0. The SMILES string of the molecule is CCC(CC)O[C@@H]1C=C(/C=N/O)C[C@H](N)[C@H]1NC(C)=O. The van der Waals surface area contributed by atoms with E-state index in [4.69, 9.17) is 15.7 Å². The van der Waals surface area contributed by atoms with Gasteiger partial charge in [0.2, 0.25) is 5.91 Å². The highest BCUT2D eigenvalue weighted by Gasteiger charge is 2.33. The summed E-state index contributed by atoms with van der Waals surface area (Å²) in [5.41, 5.74) is 6.94. The predicted molar refractivity (Wildman–Crippen MR) is 77.8 cm³/mol. The Balaban J connectivity index is 2.93. The summed E-state index contributed by atoms with van der Waals surface area (Å²) < 4.78 is 6.04. The van der Waals surface area contributed by atoms with Crippen molar-refractivity contribution in [3.8, 4) is 0 Å².